The first-order valence-electron chi connectivity index (χ1n) is 6.40. The summed E-state index contributed by atoms with van der Waals surface area (Å²) in [5, 5.41) is 18.5. The average Bonchev–Trinajstić information content (AvgIpc) is 2.82. The molecule has 1 amide bonds. The van der Waals surface area contributed by atoms with Crippen LogP contribution in [-0.4, -0.2) is 34.4 Å². The fourth-order valence-corrected chi connectivity index (χ4v) is 2.58. The molecule has 1 aromatic heterocycles. The highest BCUT2D eigenvalue weighted by Gasteiger charge is 2.25. The Morgan fingerprint density at radius 1 is 1.50 bits per heavy atom. The molecular weight excluding hydrogens is 232 g/mol. The predicted molar refractivity (Wildman–Crippen MR) is 67.9 cm³/mol. The molecule has 1 saturated carbocycles. The largest absolute Gasteiger partial charge is 0.396 e. The third-order valence-corrected chi connectivity index (χ3v) is 3.72. The second kappa shape index (κ2) is 5.86. The van der Waals surface area contributed by atoms with Gasteiger partial charge in [-0.3, -0.25) is 9.89 Å². The molecule has 0 aromatic carbocycles. The van der Waals surface area contributed by atoms with Gasteiger partial charge in [-0.2, -0.15) is 5.10 Å². The number of carbonyl (C=O) groups is 1. The van der Waals surface area contributed by atoms with Crippen molar-refractivity contribution in [2.75, 3.05) is 18.9 Å². The Kier molecular flexibility index (Phi) is 4.19. The summed E-state index contributed by atoms with van der Waals surface area (Å²) in [5.41, 5.74) is 6.28. The smallest absolute Gasteiger partial charge is 0.271 e. The highest BCUT2D eigenvalue weighted by molar-refractivity contribution is 5.96. The molecule has 0 aliphatic heterocycles. The van der Waals surface area contributed by atoms with Gasteiger partial charge in [-0.15, -0.1) is 0 Å². The maximum atomic E-state index is 11.8. The molecule has 0 bridgehead atoms. The molecule has 0 radical (unpaired) electrons. The minimum Gasteiger partial charge on any atom is -0.396 e. The van der Waals surface area contributed by atoms with Gasteiger partial charge in [-0.25, -0.2) is 0 Å². The highest BCUT2D eigenvalue weighted by Crippen LogP contribution is 2.29. The summed E-state index contributed by atoms with van der Waals surface area (Å²) < 4.78 is 0. The van der Waals surface area contributed by atoms with E-state index in [1.807, 2.05) is 0 Å². The van der Waals surface area contributed by atoms with Crippen LogP contribution in [0.15, 0.2) is 6.20 Å². The van der Waals surface area contributed by atoms with Gasteiger partial charge < -0.3 is 16.2 Å². The number of amides is 1. The van der Waals surface area contributed by atoms with Gasteiger partial charge in [0.25, 0.3) is 5.91 Å². The lowest BCUT2D eigenvalue weighted by molar-refractivity contribution is 0.0905. The minimum atomic E-state index is -0.229. The number of aromatic nitrogens is 2. The van der Waals surface area contributed by atoms with Gasteiger partial charge in [0.05, 0.1) is 11.9 Å². The van der Waals surface area contributed by atoms with E-state index in [4.69, 9.17) is 5.73 Å². The number of nitrogens with one attached hydrogen (secondary N) is 2. The number of aliphatic hydroxyl groups excluding tert-OH is 1. The van der Waals surface area contributed by atoms with E-state index in [1.165, 1.54) is 19.0 Å². The van der Waals surface area contributed by atoms with Gasteiger partial charge in [0.15, 0.2) is 0 Å². The van der Waals surface area contributed by atoms with Crippen molar-refractivity contribution in [1.82, 2.24) is 15.5 Å². The summed E-state index contributed by atoms with van der Waals surface area (Å²) in [6.07, 6.45) is 5.87. The molecule has 6 nitrogen and oxygen atoms in total. The summed E-state index contributed by atoms with van der Waals surface area (Å²) >= 11 is 0. The van der Waals surface area contributed by atoms with Gasteiger partial charge >= 0.3 is 0 Å². The van der Waals surface area contributed by atoms with Crippen LogP contribution in [0.4, 0.5) is 5.69 Å². The van der Waals surface area contributed by atoms with E-state index in [0.717, 1.165) is 12.8 Å². The molecule has 1 heterocycles. The molecule has 1 aliphatic rings. The first kappa shape index (κ1) is 12.9. The van der Waals surface area contributed by atoms with Crippen LogP contribution in [0, 0.1) is 11.8 Å². The van der Waals surface area contributed by atoms with Crippen molar-refractivity contribution in [2.45, 2.75) is 25.7 Å². The summed E-state index contributed by atoms with van der Waals surface area (Å²) in [4.78, 5) is 11.8. The van der Waals surface area contributed by atoms with Crippen LogP contribution in [0.25, 0.3) is 0 Å². The maximum Gasteiger partial charge on any atom is 0.271 e. The lowest BCUT2D eigenvalue weighted by Crippen LogP contribution is -2.35. The lowest BCUT2D eigenvalue weighted by Gasteiger charge is -2.30. The normalized spacial score (nSPS) is 23.8. The Hall–Kier alpha value is -1.56. The number of H-pyrrole nitrogens is 1. The van der Waals surface area contributed by atoms with E-state index >= 15 is 0 Å². The molecule has 0 saturated heterocycles. The Morgan fingerprint density at radius 2 is 2.22 bits per heavy atom. The number of hydrogen-bond donors (Lipinski definition) is 4. The average molecular weight is 252 g/mol. The van der Waals surface area contributed by atoms with Crippen LogP contribution < -0.4 is 11.1 Å². The van der Waals surface area contributed by atoms with Crippen molar-refractivity contribution in [3.63, 3.8) is 0 Å². The number of anilines is 1. The number of nitrogens with zero attached hydrogens (tertiary/aromatic N) is 1. The van der Waals surface area contributed by atoms with Crippen LogP contribution in [0.5, 0.6) is 0 Å². The van der Waals surface area contributed by atoms with Crippen molar-refractivity contribution in [3.8, 4) is 0 Å². The zero-order chi connectivity index (χ0) is 13.0. The molecule has 5 N–H and O–H groups in total. The number of carbonyl (C=O) groups excluding carboxylic acids is 1. The zero-order valence-electron chi connectivity index (χ0n) is 10.4. The van der Waals surface area contributed by atoms with Gasteiger partial charge in [0.2, 0.25) is 0 Å². The number of aliphatic hydroxyl groups is 1. The molecule has 1 aromatic rings. The topological polar surface area (TPSA) is 104 Å². The standard InChI is InChI=1S/C12H20N4O2/c13-10-6-15-16-11(10)12(18)14-5-8-3-1-2-4-9(8)7-17/h6,8-9,17H,1-5,7,13H2,(H,14,18)(H,15,16). The summed E-state index contributed by atoms with van der Waals surface area (Å²) in [5.74, 6) is 0.433. The van der Waals surface area contributed by atoms with E-state index in [2.05, 4.69) is 15.5 Å². The molecule has 6 heteroatoms. The third kappa shape index (κ3) is 2.81. The monoisotopic (exact) mass is 252 g/mol. The van der Waals surface area contributed by atoms with Crippen molar-refractivity contribution < 1.29 is 9.90 Å². The Labute approximate surface area is 106 Å². The number of rotatable bonds is 4. The van der Waals surface area contributed by atoms with E-state index in [9.17, 15) is 9.90 Å². The van der Waals surface area contributed by atoms with E-state index in [-0.39, 0.29) is 12.5 Å². The fraction of sp³-hybridized carbons (Fsp3) is 0.667. The molecule has 2 unspecified atom stereocenters. The van der Waals surface area contributed by atoms with Crippen LogP contribution in [0.2, 0.25) is 0 Å². The fourth-order valence-electron chi connectivity index (χ4n) is 2.58. The summed E-state index contributed by atoms with van der Waals surface area (Å²) in [7, 11) is 0. The first-order chi connectivity index (χ1) is 8.72. The Bertz CT molecular complexity index is 405. The minimum absolute atomic E-state index is 0.201. The predicted octanol–water partition coefficient (Wildman–Crippen LogP) is 0.520. The van der Waals surface area contributed by atoms with Gasteiger partial charge in [-0.1, -0.05) is 12.8 Å². The van der Waals surface area contributed by atoms with Crippen LogP contribution in [-0.2, 0) is 0 Å². The van der Waals surface area contributed by atoms with Gasteiger partial charge in [-0.05, 0) is 24.7 Å². The van der Waals surface area contributed by atoms with E-state index in [0.29, 0.717) is 29.8 Å². The Morgan fingerprint density at radius 3 is 2.83 bits per heavy atom. The SMILES string of the molecule is Nc1cn[nH]c1C(=O)NCC1CCCCC1CO. The zero-order valence-corrected chi connectivity index (χ0v) is 10.4. The molecule has 1 aliphatic carbocycles. The van der Waals surface area contributed by atoms with E-state index < -0.39 is 0 Å². The molecular formula is C12H20N4O2. The van der Waals surface area contributed by atoms with Crippen LogP contribution in [0.1, 0.15) is 36.2 Å². The summed E-state index contributed by atoms with van der Waals surface area (Å²) in [6.45, 7) is 0.787. The van der Waals surface area contributed by atoms with Crippen molar-refractivity contribution in [1.29, 1.82) is 0 Å². The molecule has 2 atom stereocenters. The van der Waals surface area contributed by atoms with Crippen molar-refractivity contribution in [3.05, 3.63) is 11.9 Å². The van der Waals surface area contributed by atoms with Crippen LogP contribution >= 0.6 is 0 Å². The lowest BCUT2D eigenvalue weighted by atomic mass is 9.79. The van der Waals surface area contributed by atoms with Crippen LogP contribution in [0.3, 0.4) is 0 Å². The number of hydrogen-bond acceptors (Lipinski definition) is 4. The second-order valence-electron chi connectivity index (χ2n) is 4.90. The quantitative estimate of drug-likeness (QED) is 0.627. The number of aromatic amines is 1. The Balaban J connectivity index is 1.87. The highest BCUT2D eigenvalue weighted by atomic mass is 16.3. The van der Waals surface area contributed by atoms with Gasteiger partial charge in [0, 0.05) is 13.2 Å². The molecule has 2 rings (SSSR count). The summed E-state index contributed by atoms with van der Waals surface area (Å²) in [6, 6.07) is 0. The second-order valence-corrected chi connectivity index (χ2v) is 4.90. The molecule has 100 valence electrons. The maximum absolute atomic E-state index is 11.8. The molecule has 0 spiro atoms. The van der Waals surface area contributed by atoms with E-state index in [1.54, 1.807) is 0 Å². The third-order valence-electron chi connectivity index (χ3n) is 3.72. The number of nitrogens with two attached hydrogens (primary N) is 1. The first-order valence-corrected chi connectivity index (χ1v) is 6.40. The number of nitrogen functional groups attached to an aromatic ring is 1. The van der Waals surface area contributed by atoms with Gasteiger partial charge in [0.1, 0.15) is 5.69 Å². The molecule has 1 fully saturated rings. The van der Waals surface area contributed by atoms with Crippen molar-refractivity contribution >= 4 is 11.6 Å². The van der Waals surface area contributed by atoms with Crippen molar-refractivity contribution in [2.24, 2.45) is 11.8 Å². The molecule has 18 heavy (non-hydrogen) atoms.